The van der Waals surface area contributed by atoms with Crippen molar-refractivity contribution in [3.63, 3.8) is 0 Å². The first-order valence-corrected chi connectivity index (χ1v) is 10.8. The number of hydroxylamine groups is 1. The monoisotopic (exact) mass is 494 g/mol. The van der Waals surface area contributed by atoms with Crippen LogP contribution in [-0.4, -0.2) is 62.6 Å². The number of alkyl halides is 3. The van der Waals surface area contributed by atoms with Gasteiger partial charge in [-0.15, -0.1) is 13.2 Å². The lowest BCUT2D eigenvalue weighted by atomic mass is 10.0. The lowest BCUT2D eigenvalue weighted by Crippen LogP contribution is -2.46. The summed E-state index contributed by atoms with van der Waals surface area (Å²) in [5.74, 6) is 1.05. The van der Waals surface area contributed by atoms with E-state index < -0.39 is 12.1 Å². The van der Waals surface area contributed by atoms with Gasteiger partial charge in [-0.1, -0.05) is 0 Å². The molecule has 0 aliphatic carbocycles. The van der Waals surface area contributed by atoms with Gasteiger partial charge in [-0.05, 0) is 36.4 Å². The van der Waals surface area contributed by atoms with Crippen molar-refractivity contribution in [3.8, 4) is 17.2 Å². The molecule has 35 heavy (non-hydrogen) atoms. The fourth-order valence-corrected chi connectivity index (χ4v) is 3.92. The van der Waals surface area contributed by atoms with Crippen molar-refractivity contribution in [2.24, 2.45) is 4.99 Å². The third-order valence-electron chi connectivity index (χ3n) is 5.69. The maximum Gasteiger partial charge on any atom is 0.573 e. The van der Waals surface area contributed by atoms with Crippen molar-refractivity contribution in [2.45, 2.75) is 24.9 Å². The van der Waals surface area contributed by atoms with Crippen LogP contribution >= 0.6 is 0 Å². The van der Waals surface area contributed by atoms with Crippen molar-refractivity contribution in [1.29, 1.82) is 0 Å². The quantitative estimate of drug-likeness (QED) is 0.610. The highest BCUT2D eigenvalue weighted by Gasteiger charge is 2.40. The smallest absolute Gasteiger partial charge is 0.493 e. The summed E-state index contributed by atoms with van der Waals surface area (Å²) in [5, 5.41) is 2.86. The minimum Gasteiger partial charge on any atom is -0.493 e. The molecular formula is C23H25F3N4O5. The molecule has 2 aliphatic rings. The Morgan fingerprint density at radius 3 is 2.43 bits per heavy atom. The predicted molar refractivity (Wildman–Crippen MR) is 120 cm³/mol. The molecule has 4 rings (SSSR count). The third-order valence-corrected chi connectivity index (χ3v) is 5.69. The maximum absolute atomic E-state index is 12.5. The lowest BCUT2D eigenvalue weighted by molar-refractivity contribution is -0.274. The first-order valence-electron chi connectivity index (χ1n) is 10.8. The number of hydrogen-bond donors (Lipinski definition) is 2. The molecule has 2 heterocycles. The largest absolute Gasteiger partial charge is 0.573 e. The van der Waals surface area contributed by atoms with E-state index in [1.54, 1.807) is 25.3 Å². The molecule has 12 heteroatoms. The van der Waals surface area contributed by atoms with Crippen LogP contribution in [0.25, 0.3) is 0 Å². The number of anilines is 1. The van der Waals surface area contributed by atoms with Gasteiger partial charge in [-0.3, -0.25) is 9.69 Å². The Morgan fingerprint density at radius 1 is 1.11 bits per heavy atom. The van der Waals surface area contributed by atoms with Gasteiger partial charge in [0.2, 0.25) is 5.91 Å². The maximum atomic E-state index is 12.5. The van der Waals surface area contributed by atoms with Gasteiger partial charge in [0.15, 0.2) is 23.1 Å². The number of nitrogens with zero attached hydrogens (tertiary/aromatic N) is 2. The molecule has 0 unspecified atom stereocenters. The van der Waals surface area contributed by atoms with Crippen molar-refractivity contribution in [2.75, 3.05) is 39.2 Å². The predicted octanol–water partition coefficient (Wildman–Crippen LogP) is 3.31. The van der Waals surface area contributed by atoms with E-state index in [0.29, 0.717) is 54.5 Å². The Hall–Kier alpha value is -3.51. The zero-order chi connectivity index (χ0) is 25.1. The van der Waals surface area contributed by atoms with Gasteiger partial charge < -0.3 is 19.5 Å². The minimum absolute atomic E-state index is 0.163. The molecule has 2 aromatic carbocycles. The van der Waals surface area contributed by atoms with E-state index in [1.165, 1.54) is 31.4 Å². The number of nitrogens with one attached hydrogen (secondary N) is 2. The average Bonchev–Trinajstić information content (AvgIpc) is 3.23. The first kappa shape index (κ1) is 24.6. The molecule has 0 aromatic heterocycles. The summed E-state index contributed by atoms with van der Waals surface area (Å²) in [5.41, 5.74) is 3.17. The highest BCUT2D eigenvalue weighted by atomic mass is 19.4. The second-order valence-corrected chi connectivity index (χ2v) is 8.08. The lowest BCUT2D eigenvalue weighted by Gasteiger charge is -2.35. The number of methoxy groups -OCH3 is 2. The molecule has 1 saturated heterocycles. The van der Waals surface area contributed by atoms with Gasteiger partial charge in [0, 0.05) is 43.2 Å². The number of amidine groups is 1. The molecule has 9 nitrogen and oxygen atoms in total. The molecule has 1 fully saturated rings. The van der Waals surface area contributed by atoms with Crippen molar-refractivity contribution < 1.29 is 37.0 Å². The van der Waals surface area contributed by atoms with Crippen LogP contribution in [0, 0.1) is 0 Å². The van der Waals surface area contributed by atoms with Crippen LogP contribution in [0.15, 0.2) is 47.5 Å². The SMILES string of the molecule is COc1ccc(NC(=O)CN2CCC3(CC2)N=C(c2ccc(OC(F)(F)F)cc2)NO3)cc1OC. The second kappa shape index (κ2) is 10.0. The van der Waals surface area contributed by atoms with Crippen molar-refractivity contribution in [1.82, 2.24) is 10.4 Å². The summed E-state index contributed by atoms with van der Waals surface area (Å²) in [4.78, 5) is 24.9. The summed E-state index contributed by atoms with van der Waals surface area (Å²) in [6, 6.07) is 10.5. The highest BCUT2D eigenvalue weighted by molar-refractivity contribution is 5.99. The highest BCUT2D eigenvalue weighted by Crippen LogP contribution is 2.32. The molecule has 2 aromatic rings. The van der Waals surface area contributed by atoms with Crippen LogP contribution in [0.3, 0.4) is 0 Å². The summed E-state index contributed by atoms with van der Waals surface area (Å²) < 4.78 is 51.4. The van der Waals surface area contributed by atoms with Gasteiger partial charge in [0.05, 0.1) is 20.8 Å². The Balaban J connectivity index is 1.30. The van der Waals surface area contributed by atoms with Crippen LogP contribution in [0.2, 0.25) is 0 Å². The van der Waals surface area contributed by atoms with Crippen LogP contribution in [0.5, 0.6) is 17.2 Å². The Kier molecular flexibility index (Phi) is 7.03. The molecule has 1 amide bonds. The van der Waals surface area contributed by atoms with Gasteiger partial charge >= 0.3 is 6.36 Å². The molecule has 0 radical (unpaired) electrons. The fraction of sp³-hybridized carbons (Fsp3) is 0.391. The Labute approximate surface area is 199 Å². The number of carbonyl (C=O) groups is 1. The molecule has 1 spiro atoms. The van der Waals surface area contributed by atoms with E-state index in [4.69, 9.17) is 14.3 Å². The molecule has 0 saturated carbocycles. The zero-order valence-electron chi connectivity index (χ0n) is 19.1. The van der Waals surface area contributed by atoms with E-state index in [0.717, 1.165) is 0 Å². The fourth-order valence-electron chi connectivity index (χ4n) is 3.92. The molecule has 0 bridgehead atoms. The zero-order valence-corrected chi connectivity index (χ0v) is 19.1. The van der Waals surface area contributed by atoms with Gasteiger partial charge in [-0.2, -0.15) is 0 Å². The first-order chi connectivity index (χ1) is 16.7. The summed E-state index contributed by atoms with van der Waals surface area (Å²) >= 11 is 0. The summed E-state index contributed by atoms with van der Waals surface area (Å²) in [6.45, 7) is 1.36. The Morgan fingerprint density at radius 2 is 1.80 bits per heavy atom. The van der Waals surface area contributed by atoms with E-state index in [1.807, 2.05) is 4.90 Å². The molecular weight excluding hydrogens is 469 g/mol. The number of amides is 1. The van der Waals surface area contributed by atoms with E-state index in [-0.39, 0.29) is 18.2 Å². The third kappa shape index (κ3) is 6.14. The van der Waals surface area contributed by atoms with Crippen LogP contribution in [0.4, 0.5) is 18.9 Å². The molecule has 2 N–H and O–H groups in total. The standard InChI is InChI=1S/C23H25F3N4O5/c1-32-18-8-5-16(13-19(18)33-2)27-20(31)14-30-11-9-22(10-12-30)28-21(29-35-22)15-3-6-17(7-4-15)34-23(24,25)26/h3-8,13H,9-12,14H2,1-2H3,(H,27,31)(H,28,29). The number of ether oxygens (including phenoxy) is 3. The van der Waals surface area contributed by atoms with Crippen molar-refractivity contribution in [3.05, 3.63) is 48.0 Å². The van der Waals surface area contributed by atoms with E-state index >= 15 is 0 Å². The number of carbonyl (C=O) groups excluding carboxylic acids is 1. The normalized spacial score (nSPS) is 17.5. The number of rotatable bonds is 7. The molecule has 2 aliphatic heterocycles. The minimum atomic E-state index is -4.75. The van der Waals surface area contributed by atoms with Crippen LogP contribution < -0.4 is 25.0 Å². The van der Waals surface area contributed by atoms with Crippen LogP contribution in [-0.2, 0) is 9.63 Å². The number of aliphatic imine (C=N–C) groups is 1. The van der Waals surface area contributed by atoms with E-state index in [9.17, 15) is 18.0 Å². The topological polar surface area (TPSA) is 93.7 Å². The number of hydrogen-bond acceptors (Lipinski definition) is 8. The second-order valence-electron chi connectivity index (χ2n) is 8.08. The van der Waals surface area contributed by atoms with Crippen molar-refractivity contribution >= 4 is 17.4 Å². The number of halogens is 3. The van der Waals surface area contributed by atoms with E-state index in [2.05, 4.69) is 20.5 Å². The molecule has 188 valence electrons. The van der Waals surface area contributed by atoms with Crippen LogP contribution in [0.1, 0.15) is 18.4 Å². The van der Waals surface area contributed by atoms with Gasteiger partial charge in [0.1, 0.15) is 5.75 Å². The van der Waals surface area contributed by atoms with Gasteiger partial charge in [-0.25, -0.2) is 15.3 Å². The summed E-state index contributed by atoms with van der Waals surface area (Å²) in [6.07, 6.45) is -3.66. The number of likely N-dealkylation sites (tertiary alicyclic amines) is 1. The molecule has 0 atom stereocenters. The number of benzene rings is 2. The average molecular weight is 494 g/mol. The Bertz CT molecular complexity index is 1080. The van der Waals surface area contributed by atoms with Gasteiger partial charge in [0.25, 0.3) is 0 Å². The number of piperidine rings is 1. The summed E-state index contributed by atoms with van der Waals surface area (Å²) in [7, 11) is 3.07.